The van der Waals surface area contributed by atoms with Gasteiger partial charge in [0.05, 0.1) is 24.6 Å². The fourth-order valence-corrected chi connectivity index (χ4v) is 1.93. The van der Waals surface area contributed by atoms with Gasteiger partial charge in [-0.1, -0.05) is 12.1 Å². The van der Waals surface area contributed by atoms with Crippen molar-refractivity contribution in [1.82, 2.24) is 4.98 Å². The highest BCUT2D eigenvalue weighted by Gasteiger charge is 2.12. The Kier molecular flexibility index (Phi) is 4.27. The van der Waals surface area contributed by atoms with Crippen LogP contribution in [0.2, 0.25) is 0 Å². The van der Waals surface area contributed by atoms with Crippen molar-refractivity contribution in [2.45, 2.75) is 6.54 Å². The number of carboxylic acids is 1. The molecular formula is C15H17N3O3. The predicted octanol–water partition coefficient (Wildman–Crippen LogP) is 2.01. The minimum Gasteiger partial charge on any atom is -0.497 e. The minimum atomic E-state index is -1.06. The van der Waals surface area contributed by atoms with Crippen LogP contribution < -0.4 is 15.4 Å². The van der Waals surface area contributed by atoms with Crippen LogP contribution in [0.5, 0.6) is 5.75 Å². The monoisotopic (exact) mass is 287 g/mol. The smallest absolute Gasteiger partial charge is 0.337 e. The van der Waals surface area contributed by atoms with Crippen LogP contribution in [0.1, 0.15) is 15.9 Å². The Morgan fingerprint density at radius 1 is 1.38 bits per heavy atom. The molecule has 110 valence electrons. The lowest BCUT2D eigenvalue weighted by Gasteiger charge is -2.19. The van der Waals surface area contributed by atoms with E-state index >= 15 is 0 Å². The molecule has 0 amide bonds. The molecule has 0 aliphatic carbocycles. The molecule has 1 heterocycles. The highest BCUT2D eigenvalue weighted by molar-refractivity contribution is 5.94. The third-order valence-corrected chi connectivity index (χ3v) is 3.12. The van der Waals surface area contributed by atoms with E-state index in [1.165, 1.54) is 12.3 Å². The number of aromatic carboxylic acids is 1. The maximum Gasteiger partial charge on any atom is 0.337 e. The molecule has 0 atom stereocenters. The molecule has 0 aliphatic rings. The van der Waals surface area contributed by atoms with E-state index in [-0.39, 0.29) is 11.3 Å². The van der Waals surface area contributed by atoms with Crippen molar-refractivity contribution >= 4 is 17.5 Å². The van der Waals surface area contributed by atoms with E-state index in [1.807, 2.05) is 36.2 Å². The zero-order chi connectivity index (χ0) is 15.4. The summed E-state index contributed by atoms with van der Waals surface area (Å²) < 4.78 is 5.11. The van der Waals surface area contributed by atoms with Crippen LogP contribution in [0.3, 0.4) is 0 Å². The number of methoxy groups -OCH3 is 1. The molecule has 2 aromatic rings. The highest BCUT2D eigenvalue weighted by atomic mass is 16.5. The number of pyridine rings is 1. The van der Waals surface area contributed by atoms with Gasteiger partial charge in [0.15, 0.2) is 0 Å². The van der Waals surface area contributed by atoms with E-state index in [0.29, 0.717) is 12.4 Å². The number of aromatic nitrogens is 1. The topological polar surface area (TPSA) is 88.7 Å². The number of carbonyl (C=O) groups is 1. The Morgan fingerprint density at radius 2 is 2.05 bits per heavy atom. The first-order valence-electron chi connectivity index (χ1n) is 6.34. The van der Waals surface area contributed by atoms with Gasteiger partial charge in [-0.15, -0.1) is 0 Å². The molecule has 0 unspecified atom stereocenters. The third-order valence-electron chi connectivity index (χ3n) is 3.12. The normalized spacial score (nSPS) is 10.2. The van der Waals surface area contributed by atoms with Crippen LogP contribution in [0.4, 0.5) is 11.5 Å². The molecule has 0 saturated carbocycles. The quantitative estimate of drug-likeness (QED) is 0.874. The average molecular weight is 287 g/mol. The number of nitrogens with zero attached hydrogens (tertiary/aromatic N) is 2. The maximum absolute atomic E-state index is 11.1. The molecule has 1 aromatic heterocycles. The summed E-state index contributed by atoms with van der Waals surface area (Å²) in [5.74, 6) is 0.284. The standard InChI is InChI=1S/C15H17N3O3/c1-18(9-10-3-5-11(21-2)6-4-10)14-7-12(15(19)20)13(16)8-17-14/h3-8H,9,16H2,1-2H3,(H,19,20). The maximum atomic E-state index is 11.1. The second kappa shape index (κ2) is 6.13. The summed E-state index contributed by atoms with van der Waals surface area (Å²) in [5, 5.41) is 9.08. The van der Waals surface area contributed by atoms with Gasteiger partial charge in [-0.2, -0.15) is 0 Å². The van der Waals surface area contributed by atoms with E-state index in [9.17, 15) is 4.79 Å². The van der Waals surface area contributed by atoms with E-state index in [1.54, 1.807) is 7.11 Å². The SMILES string of the molecule is COc1ccc(CN(C)c2cc(C(=O)O)c(N)cn2)cc1. The Labute approximate surface area is 122 Å². The summed E-state index contributed by atoms with van der Waals surface area (Å²) in [6.45, 7) is 0.597. The van der Waals surface area contributed by atoms with Crippen LogP contribution >= 0.6 is 0 Å². The van der Waals surface area contributed by atoms with Crippen molar-refractivity contribution in [3.05, 3.63) is 47.7 Å². The number of nitrogen functional groups attached to an aromatic ring is 1. The average Bonchev–Trinajstić information content (AvgIpc) is 2.48. The first-order valence-corrected chi connectivity index (χ1v) is 6.34. The van der Waals surface area contributed by atoms with E-state index < -0.39 is 5.97 Å². The Balaban J connectivity index is 2.17. The molecule has 6 heteroatoms. The van der Waals surface area contributed by atoms with Gasteiger partial charge >= 0.3 is 5.97 Å². The number of rotatable bonds is 5. The number of nitrogens with two attached hydrogens (primary N) is 1. The zero-order valence-electron chi connectivity index (χ0n) is 11.9. The Hall–Kier alpha value is -2.76. The van der Waals surface area contributed by atoms with Gasteiger partial charge in [-0.05, 0) is 23.8 Å². The Morgan fingerprint density at radius 3 is 2.62 bits per heavy atom. The summed E-state index contributed by atoms with van der Waals surface area (Å²) in [6.07, 6.45) is 1.36. The number of carboxylic acid groups (broad SMARTS) is 1. The lowest BCUT2D eigenvalue weighted by atomic mass is 10.2. The van der Waals surface area contributed by atoms with Gasteiger partial charge in [-0.25, -0.2) is 9.78 Å². The molecule has 2 rings (SSSR count). The molecule has 0 radical (unpaired) electrons. The molecule has 6 nitrogen and oxygen atoms in total. The summed E-state index contributed by atoms with van der Waals surface area (Å²) in [6, 6.07) is 9.13. The zero-order valence-corrected chi connectivity index (χ0v) is 11.9. The molecule has 1 aromatic carbocycles. The molecule has 3 N–H and O–H groups in total. The molecule has 0 saturated heterocycles. The molecular weight excluding hydrogens is 270 g/mol. The van der Waals surface area contributed by atoms with Crippen LogP contribution in [0, 0.1) is 0 Å². The van der Waals surface area contributed by atoms with Crippen molar-refractivity contribution in [1.29, 1.82) is 0 Å². The van der Waals surface area contributed by atoms with Crippen LogP contribution in [0.25, 0.3) is 0 Å². The number of benzene rings is 1. The van der Waals surface area contributed by atoms with E-state index in [0.717, 1.165) is 11.3 Å². The number of hydrogen-bond donors (Lipinski definition) is 2. The molecule has 21 heavy (non-hydrogen) atoms. The fourth-order valence-electron chi connectivity index (χ4n) is 1.93. The fraction of sp³-hybridized carbons (Fsp3) is 0.200. The van der Waals surface area contributed by atoms with Crippen molar-refractivity contribution < 1.29 is 14.6 Å². The number of anilines is 2. The lowest BCUT2D eigenvalue weighted by molar-refractivity contribution is 0.0698. The highest BCUT2D eigenvalue weighted by Crippen LogP contribution is 2.20. The second-order valence-electron chi connectivity index (χ2n) is 4.64. The molecule has 0 bridgehead atoms. The van der Waals surface area contributed by atoms with Crippen molar-refractivity contribution in [2.24, 2.45) is 0 Å². The van der Waals surface area contributed by atoms with E-state index in [4.69, 9.17) is 15.6 Å². The summed E-state index contributed by atoms with van der Waals surface area (Å²) in [7, 11) is 3.46. The number of hydrogen-bond acceptors (Lipinski definition) is 5. The summed E-state index contributed by atoms with van der Waals surface area (Å²) >= 11 is 0. The largest absolute Gasteiger partial charge is 0.497 e. The van der Waals surface area contributed by atoms with E-state index in [2.05, 4.69) is 4.98 Å². The Bertz CT molecular complexity index is 641. The van der Waals surface area contributed by atoms with Crippen molar-refractivity contribution in [3.63, 3.8) is 0 Å². The van der Waals surface area contributed by atoms with Crippen molar-refractivity contribution in [3.8, 4) is 5.75 Å². The predicted molar refractivity (Wildman–Crippen MR) is 80.7 cm³/mol. The van der Waals surface area contributed by atoms with Crippen LogP contribution in [0.15, 0.2) is 36.5 Å². The second-order valence-corrected chi connectivity index (χ2v) is 4.64. The van der Waals surface area contributed by atoms with Gasteiger partial charge in [-0.3, -0.25) is 0 Å². The minimum absolute atomic E-state index is 0.0570. The van der Waals surface area contributed by atoms with Gasteiger partial charge < -0.3 is 20.5 Å². The van der Waals surface area contributed by atoms with Gasteiger partial charge in [0.2, 0.25) is 0 Å². The van der Waals surface area contributed by atoms with Crippen molar-refractivity contribution in [2.75, 3.05) is 24.8 Å². The first-order chi connectivity index (χ1) is 10.0. The van der Waals surface area contributed by atoms with Gasteiger partial charge in [0, 0.05) is 13.6 Å². The molecule has 0 spiro atoms. The third kappa shape index (κ3) is 3.42. The lowest BCUT2D eigenvalue weighted by Crippen LogP contribution is -2.18. The molecule has 0 fully saturated rings. The van der Waals surface area contributed by atoms with Crippen LogP contribution in [-0.4, -0.2) is 30.2 Å². The number of ether oxygens (including phenoxy) is 1. The van der Waals surface area contributed by atoms with Gasteiger partial charge in [0.25, 0.3) is 0 Å². The summed E-state index contributed by atoms with van der Waals surface area (Å²) in [4.78, 5) is 17.1. The first kappa shape index (κ1) is 14.6. The molecule has 0 aliphatic heterocycles. The summed E-state index contributed by atoms with van der Waals surface area (Å²) in [5.41, 5.74) is 6.88. The van der Waals surface area contributed by atoms with Gasteiger partial charge in [0.1, 0.15) is 11.6 Å². The van der Waals surface area contributed by atoms with Crippen LogP contribution in [-0.2, 0) is 6.54 Å².